The van der Waals surface area contributed by atoms with Gasteiger partial charge in [0.1, 0.15) is 6.04 Å². The highest BCUT2D eigenvalue weighted by molar-refractivity contribution is 5.84. The summed E-state index contributed by atoms with van der Waals surface area (Å²) in [5.74, 6) is 0.0124. The lowest BCUT2D eigenvalue weighted by atomic mass is 10.0. The zero-order valence-electron chi connectivity index (χ0n) is 15.8. The second-order valence-corrected chi connectivity index (χ2v) is 7.70. The number of carboxylic acids is 1. The molecule has 0 saturated carbocycles. The van der Waals surface area contributed by atoms with Crippen LogP contribution in [0.2, 0.25) is 0 Å². The van der Waals surface area contributed by atoms with Gasteiger partial charge in [-0.25, -0.2) is 4.79 Å². The Morgan fingerprint density at radius 1 is 0.958 bits per heavy atom. The number of unbranched alkanes of at least 4 members (excludes halogenated alkanes) is 8. The highest BCUT2D eigenvalue weighted by Gasteiger charge is 2.33. The van der Waals surface area contributed by atoms with Crippen molar-refractivity contribution in [1.29, 1.82) is 0 Å². The van der Waals surface area contributed by atoms with Gasteiger partial charge < -0.3 is 10.0 Å². The topological polar surface area (TPSA) is 57.6 Å². The smallest absolute Gasteiger partial charge is 0.326 e. The fourth-order valence-corrected chi connectivity index (χ4v) is 3.53. The molecule has 1 fully saturated rings. The molecule has 1 aliphatic heterocycles. The fourth-order valence-electron chi connectivity index (χ4n) is 3.53. The van der Waals surface area contributed by atoms with Gasteiger partial charge in [-0.2, -0.15) is 0 Å². The average molecular weight is 340 g/mol. The minimum atomic E-state index is -0.853. The van der Waals surface area contributed by atoms with E-state index in [2.05, 4.69) is 13.8 Å². The molecular formula is C20H37NO3. The first-order chi connectivity index (χ1) is 11.5. The minimum absolute atomic E-state index is 0.0325. The minimum Gasteiger partial charge on any atom is -0.480 e. The lowest BCUT2D eigenvalue weighted by Crippen LogP contribution is -2.40. The number of amides is 1. The second-order valence-electron chi connectivity index (χ2n) is 7.70. The quantitative estimate of drug-likeness (QED) is 0.480. The van der Waals surface area contributed by atoms with Gasteiger partial charge in [-0.1, -0.05) is 71.6 Å². The Morgan fingerprint density at radius 2 is 1.50 bits per heavy atom. The molecule has 0 spiro atoms. The highest BCUT2D eigenvalue weighted by Crippen LogP contribution is 2.20. The molecular weight excluding hydrogens is 302 g/mol. The molecule has 0 aromatic heterocycles. The van der Waals surface area contributed by atoms with Crippen molar-refractivity contribution in [3.05, 3.63) is 0 Å². The lowest BCUT2D eigenvalue weighted by molar-refractivity contribution is -0.148. The molecule has 0 unspecified atom stereocenters. The summed E-state index contributed by atoms with van der Waals surface area (Å²) in [6, 6.07) is -0.576. The summed E-state index contributed by atoms with van der Waals surface area (Å²) >= 11 is 0. The van der Waals surface area contributed by atoms with Gasteiger partial charge in [-0.3, -0.25) is 4.79 Å². The first-order valence-corrected chi connectivity index (χ1v) is 10.0. The van der Waals surface area contributed by atoms with E-state index in [-0.39, 0.29) is 5.91 Å². The third-order valence-electron chi connectivity index (χ3n) is 5.03. The number of aliphatic carboxylic acids is 1. The van der Waals surface area contributed by atoms with Crippen LogP contribution in [0.4, 0.5) is 0 Å². The summed E-state index contributed by atoms with van der Waals surface area (Å²) in [7, 11) is 0. The van der Waals surface area contributed by atoms with Crippen LogP contribution in [0.3, 0.4) is 0 Å². The molecule has 1 aliphatic rings. The Labute approximate surface area is 148 Å². The van der Waals surface area contributed by atoms with Crippen molar-refractivity contribution in [1.82, 2.24) is 4.90 Å². The van der Waals surface area contributed by atoms with Crippen LogP contribution in [0.25, 0.3) is 0 Å². The molecule has 0 aromatic rings. The number of carboxylic acid groups (broad SMARTS) is 1. The third kappa shape index (κ3) is 8.70. The molecule has 4 nitrogen and oxygen atoms in total. The van der Waals surface area contributed by atoms with Crippen LogP contribution in [-0.4, -0.2) is 34.5 Å². The van der Waals surface area contributed by atoms with Gasteiger partial charge in [-0.15, -0.1) is 0 Å². The average Bonchev–Trinajstić information content (AvgIpc) is 3.02. The van der Waals surface area contributed by atoms with Crippen LogP contribution in [0.1, 0.15) is 97.3 Å². The van der Waals surface area contributed by atoms with Crippen molar-refractivity contribution in [2.24, 2.45) is 5.92 Å². The number of rotatable bonds is 13. The van der Waals surface area contributed by atoms with E-state index in [1.54, 1.807) is 4.90 Å². The Morgan fingerprint density at radius 3 is 2.04 bits per heavy atom. The van der Waals surface area contributed by atoms with E-state index in [0.717, 1.165) is 25.2 Å². The number of likely N-dealkylation sites (tertiary alicyclic amines) is 1. The maximum Gasteiger partial charge on any atom is 0.326 e. The molecule has 0 aliphatic carbocycles. The number of hydrogen-bond donors (Lipinski definition) is 1. The standard InChI is InChI=1S/C20H37NO3/c1-17(2)13-10-8-6-4-3-5-7-9-11-15-19(22)21-16-12-14-18(21)20(23)24/h17-18H,3-16H2,1-2H3,(H,23,24)/t18-/m0/s1. The zero-order chi connectivity index (χ0) is 17.8. The predicted octanol–water partition coefficient (Wildman–Crippen LogP) is 5.01. The van der Waals surface area contributed by atoms with Crippen molar-refractivity contribution >= 4 is 11.9 Å². The van der Waals surface area contributed by atoms with Gasteiger partial charge in [-0.05, 0) is 25.2 Å². The highest BCUT2D eigenvalue weighted by atomic mass is 16.4. The summed E-state index contributed by atoms with van der Waals surface area (Å²) in [5.41, 5.74) is 0. The van der Waals surface area contributed by atoms with Crippen molar-refractivity contribution < 1.29 is 14.7 Å². The molecule has 1 amide bonds. The number of nitrogens with zero attached hydrogens (tertiary/aromatic N) is 1. The summed E-state index contributed by atoms with van der Waals surface area (Å²) < 4.78 is 0. The SMILES string of the molecule is CC(C)CCCCCCCCCCCC(=O)N1CCC[C@H]1C(=O)O. The lowest BCUT2D eigenvalue weighted by Gasteiger charge is -2.21. The molecule has 1 heterocycles. The van der Waals surface area contributed by atoms with Gasteiger partial charge >= 0.3 is 5.97 Å². The van der Waals surface area contributed by atoms with Crippen LogP contribution in [0.15, 0.2) is 0 Å². The normalized spacial score (nSPS) is 17.6. The van der Waals surface area contributed by atoms with E-state index in [1.807, 2.05) is 0 Å². The Balaban J connectivity index is 1.93. The van der Waals surface area contributed by atoms with Crippen LogP contribution in [0.5, 0.6) is 0 Å². The molecule has 1 atom stereocenters. The van der Waals surface area contributed by atoms with E-state index < -0.39 is 12.0 Å². The Kier molecular flexibility index (Phi) is 10.8. The molecule has 140 valence electrons. The Hall–Kier alpha value is -1.06. The first-order valence-electron chi connectivity index (χ1n) is 10.0. The zero-order valence-corrected chi connectivity index (χ0v) is 15.8. The van der Waals surface area contributed by atoms with Gasteiger partial charge in [0.15, 0.2) is 0 Å². The van der Waals surface area contributed by atoms with Gasteiger partial charge in [0.2, 0.25) is 5.91 Å². The fraction of sp³-hybridized carbons (Fsp3) is 0.900. The molecule has 4 heteroatoms. The Bertz CT molecular complexity index is 368. The van der Waals surface area contributed by atoms with Crippen molar-refractivity contribution in [2.45, 2.75) is 103 Å². The number of hydrogen-bond acceptors (Lipinski definition) is 2. The van der Waals surface area contributed by atoms with E-state index in [9.17, 15) is 9.59 Å². The van der Waals surface area contributed by atoms with Gasteiger partial charge in [0.25, 0.3) is 0 Å². The summed E-state index contributed by atoms with van der Waals surface area (Å²) in [4.78, 5) is 24.8. The molecule has 1 saturated heterocycles. The van der Waals surface area contributed by atoms with E-state index in [1.165, 1.54) is 51.4 Å². The molecule has 0 aromatic carbocycles. The van der Waals surface area contributed by atoms with Crippen LogP contribution in [0, 0.1) is 5.92 Å². The molecule has 1 N–H and O–H groups in total. The second kappa shape index (κ2) is 12.3. The summed E-state index contributed by atoms with van der Waals surface area (Å²) in [6.45, 7) is 5.19. The molecule has 24 heavy (non-hydrogen) atoms. The summed E-state index contributed by atoms with van der Waals surface area (Å²) in [5, 5.41) is 9.11. The first kappa shape index (κ1) is 21.0. The third-order valence-corrected chi connectivity index (χ3v) is 5.03. The summed E-state index contributed by atoms with van der Waals surface area (Å²) in [6.07, 6.45) is 14.5. The largest absolute Gasteiger partial charge is 0.480 e. The van der Waals surface area contributed by atoms with Gasteiger partial charge in [0, 0.05) is 13.0 Å². The van der Waals surface area contributed by atoms with Crippen LogP contribution >= 0.6 is 0 Å². The van der Waals surface area contributed by atoms with Crippen molar-refractivity contribution in [2.75, 3.05) is 6.54 Å². The van der Waals surface area contributed by atoms with Gasteiger partial charge in [0.05, 0.1) is 0 Å². The van der Waals surface area contributed by atoms with Crippen molar-refractivity contribution in [3.8, 4) is 0 Å². The maximum absolute atomic E-state index is 12.1. The maximum atomic E-state index is 12.1. The van der Waals surface area contributed by atoms with E-state index in [0.29, 0.717) is 19.4 Å². The monoisotopic (exact) mass is 339 g/mol. The van der Waals surface area contributed by atoms with Crippen LogP contribution < -0.4 is 0 Å². The van der Waals surface area contributed by atoms with Crippen molar-refractivity contribution in [3.63, 3.8) is 0 Å². The van der Waals surface area contributed by atoms with E-state index in [4.69, 9.17) is 5.11 Å². The predicted molar refractivity (Wildman–Crippen MR) is 98.0 cm³/mol. The molecule has 0 bridgehead atoms. The van der Waals surface area contributed by atoms with E-state index >= 15 is 0 Å². The van der Waals surface area contributed by atoms with Crippen LogP contribution in [-0.2, 0) is 9.59 Å². The molecule has 1 rings (SSSR count). The number of carbonyl (C=O) groups excluding carboxylic acids is 1. The number of carbonyl (C=O) groups is 2. The molecule has 0 radical (unpaired) electrons.